The molecular formula is C15H17ClN2OS. The zero-order valence-corrected chi connectivity index (χ0v) is 12.9. The minimum Gasteiger partial charge on any atom is -0.347 e. The summed E-state index contributed by atoms with van der Waals surface area (Å²) >= 11 is 7.65. The largest absolute Gasteiger partial charge is 0.347 e. The Balaban J connectivity index is 1.77. The van der Waals surface area contributed by atoms with Gasteiger partial charge in [0.1, 0.15) is 0 Å². The van der Waals surface area contributed by atoms with E-state index < -0.39 is 0 Å². The SMILES string of the molecule is CN1CCC[C@@H](NC(=O)c2cc3c(Cl)cccc3s2)C1. The van der Waals surface area contributed by atoms with E-state index in [2.05, 4.69) is 17.3 Å². The number of nitrogens with one attached hydrogen (secondary N) is 1. The second-order valence-electron chi connectivity index (χ2n) is 5.34. The number of carbonyl (C=O) groups excluding carboxylic acids is 1. The van der Waals surface area contributed by atoms with Crippen molar-refractivity contribution in [1.82, 2.24) is 10.2 Å². The molecule has 0 spiro atoms. The van der Waals surface area contributed by atoms with Crippen molar-refractivity contribution in [2.45, 2.75) is 18.9 Å². The molecule has 5 heteroatoms. The molecule has 3 rings (SSSR count). The van der Waals surface area contributed by atoms with Gasteiger partial charge in [-0.05, 0) is 44.6 Å². The van der Waals surface area contributed by atoms with Crippen molar-refractivity contribution in [2.75, 3.05) is 20.1 Å². The number of hydrogen-bond donors (Lipinski definition) is 1. The third-order valence-corrected chi connectivity index (χ3v) is 5.12. The molecule has 2 aromatic rings. The topological polar surface area (TPSA) is 32.3 Å². The number of rotatable bonds is 2. The predicted molar refractivity (Wildman–Crippen MR) is 84.8 cm³/mol. The quantitative estimate of drug-likeness (QED) is 0.922. The number of benzene rings is 1. The van der Waals surface area contributed by atoms with E-state index in [9.17, 15) is 4.79 Å². The number of thiophene rings is 1. The van der Waals surface area contributed by atoms with Crippen LogP contribution in [0, 0.1) is 0 Å². The zero-order chi connectivity index (χ0) is 14.1. The fraction of sp³-hybridized carbons (Fsp3) is 0.400. The van der Waals surface area contributed by atoms with Crippen molar-refractivity contribution in [3.63, 3.8) is 0 Å². The molecule has 1 aromatic heterocycles. The van der Waals surface area contributed by atoms with Crippen LogP contribution >= 0.6 is 22.9 Å². The molecule has 1 atom stereocenters. The Labute approximate surface area is 127 Å². The zero-order valence-electron chi connectivity index (χ0n) is 11.4. The van der Waals surface area contributed by atoms with E-state index in [0.717, 1.165) is 40.9 Å². The smallest absolute Gasteiger partial charge is 0.261 e. The number of piperidine rings is 1. The van der Waals surface area contributed by atoms with Crippen LogP contribution in [0.25, 0.3) is 10.1 Å². The highest BCUT2D eigenvalue weighted by atomic mass is 35.5. The van der Waals surface area contributed by atoms with Gasteiger partial charge in [0.25, 0.3) is 5.91 Å². The number of amides is 1. The van der Waals surface area contributed by atoms with E-state index in [1.165, 1.54) is 11.3 Å². The van der Waals surface area contributed by atoms with Crippen LogP contribution in [0.5, 0.6) is 0 Å². The minimum atomic E-state index is 0.0163. The highest BCUT2D eigenvalue weighted by molar-refractivity contribution is 7.20. The lowest BCUT2D eigenvalue weighted by molar-refractivity contribution is 0.0917. The lowest BCUT2D eigenvalue weighted by Crippen LogP contribution is -2.46. The van der Waals surface area contributed by atoms with Crippen LogP contribution in [-0.2, 0) is 0 Å². The molecule has 106 valence electrons. The number of nitrogens with zero attached hydrogens (tertiary/aromatic N) is 1. The van der Waals surface area contributed by atoms with Gasteiger partial charge in [0, 0.05) is 27.7 Å². The van der Waals surface area contributed by atoms with Gasteiger partial charge in [-0.15, -0.1) is 11.3 Å². The number of carbonyl (C=O) groups is 1. The molecule has 3 nitrogen and oxygen atoms in total. The molecule has 0 aliphatic carbocycles. The molecule has 1 aliphatic rings. The fourth-order valence-electron chi connectivity index (χ4n) is 2.68. The summed E-state index contributed by atoms with van der Waals surface area (Å²) in [7, 11) is 2.09. The molecule has 0 unspecified atom stereocenters. The van der Waals surface area contributed by atoms with Gasteiger partial charge in [0.2, 0.25) is 0 Å². The maximum absolute atomic E-state index is 12.3. The normalized spacial score (nSPS) is 20.2. The Bertz CT molecular complexity index is 640. The Morgan fingerprint density at radius 1 is 1.50 bits per heavy atom. The Kier molecular flexibility index (Phi) is 3.96. The van der Waals surface area contributed by atoms with Crippen LogP contribution in [-0.4, -0.2) is 37.0 Å². The van der Waals surface area contributed by atoms with Gasteiger partial charge >= 0.3 is 0 Å². The lowest BCUT2D eigenvalue weighted by atomic mass is 10.1. The van der Waals surface area contributed by atoms with Gasteiger partial charge in [-0.1, -0.05) is 17.7 Å². The molecule has 0 bridgehead atoms. The maximum atomic E-state index is 12.3. The average molecular weight is 309 g/mol. The van der Waals surface area contributed by atoms with Gasteiger partial charge in [-0.3, -0.25) is 4.79 Å². The highest BCUT2D eigenvalue weighted by Crippen LogP contribution is 2.31. The summed E-state index contributed by atoms with van der Waals surface area (Å²) in [5.41, 5.74) is 0. The van der Waals surface area contributed by atoms with Crippen LogP contribution in [0.1, 0.15) is 22.5 Å². The van der Waals surface area contributed by atoms with Gasteiger partial charge in [0.05, 0.1) is 4.88 Å². The van der Waals surface area contributed by atoms with Gasteiger partial charge in [-0.25, -0.2) is 0 Å². The van der Waals surface area contributed by atoms with Crippen LogP contribution in [0.3, 0.4) is 0 Å². The first kappa shape index (κ1) is 13.9. The second kappa shape index (κ2) is 5.72. The Morgan fingerprint density at radius 2 is 2.35 bits per heavy atom. The summed E-state index contributed by atoms with van der Waals surface area (Å²) in [6, 6.07) is 7.91. The summed E-state index contributed by atoms with van der Waals surface area (Å²) < 4.78 is 1.06. The van der Waals surface area contributed by atoms with E-state index in [1.54, 1.807) is 0 Å². The molecular weight excluding hydrogens is 292 g/mol. The van der Waals surface area contributed by atoms with Crippen molar-refractivity contribution < 1.29 is 4.79 Å². The van der Waals surface area contributed by atoms with Crippen LogP contribution in [0.2, 0.25) is 5.02 Å². The van der Waals surface area contributed by atoms with Crippen molar-refractivity contribution in [2.24, 2.45) is 0 Å². The van der Waals surface area contributed by atoms with Crippen LogP contribution < -0.4 is 5.32 Å². The molecule has 1 saturated heterocycles. The molecule has 20 heavy (non-hydrogen) atoms. The lowest BCUT2D eigenvalue weighted by Gasteiger charge is -2.30. The molecule has 0 saturated carbocycles. The number of fused-ring (bicyclic) bond motifs is 1. The Morgan fingerprint density at radius 3 is 3.10 bits per heavy atom. The maximum Gasteiger partial charge on any atom is 0.261 e. The van der Waals surface area contributed by atoms with E-state index in [0.29, 0.717) is 5.02 Å². The summed E-state index contributed by atoms with van der Waals surface area (Å²) in [6.45, 7) is 2.04. The monoisotopic (exact) mass is 308 g/mol. The molecule has 0 radical (unpaired) electrons. The predicted octanol–water partition coefficient (Wildman–Crippen LogP) is 3.38. The standard InChI is InChI=1S/C15H17ClN2OS/c1-18-7-3-4-10(9-18)17-15(19)14-8-11-12(16)5-2-6-13(11)20-14/h2,5-6,8,10H,3-4,7,9H2,1H3,(H,17,19)/t10-/m1/s1. The molecule has 1 amide bonds. The van der Waals surface area contributed by atoms with Crippen molar-refractivity contribution in [3.05, 3.63) is 34.2 Å². The molecule has 1 fully saturated rings. The number of likely N-dealkylation sites (tertiary alicyclic amines) is 1. The first-order valence-corrected chi connectivity index (χ1v) is 8.00. The summed E-state index contributed by atoms with van der Waals surface area (Å²) in [6.07, 6.45) is 2.20. The number of likely N-dealkylation sites (N-methyl/N-ethyl adjacent to an activating group) is 1. The fourth-order valence-corrected chi connectivity index (χ4v) is 3.95. The highest BCUT2D eigenvalue weighted by Gasteiger charge is 2.20. The Hall–Kier alpha value is -1.10. The van der Waals surface area contributed by atoms with Gasteiger partial charge < -0.3 is 10.2 Å². The number of hydrogen-bond acceptors (Lipinski definition) is 3. The summed E-state index contributed by atoms with van der Waals surface area (Å²) in [4.78, 5) is 15.3. The van der Waals surface area contributed by atoms with Crippen LogP contribution in [0.15, 0.2) is 24.3 Å². The molecule has 1 aromatic carbocycles. The van der Waals surface area contributed by atoms with Crippen LogP contribution in [0.4, 0.5) is 0 Å². The first-order chi connectivity index (χ1) is 9.63. The molecule has 1 N–H and O–H groups in total. The van der Waals surface area contributed by atoms with E-state index >= 15 is 0 Å². The third kappa shape index (κ3) is 2.82. The third-order valence-electron chi connectivity index (χ3n) is 3.69. The minimum absolute atomic E-state index is 0.0163. The van der Waals surface area contributed by atoms with Gasteiger partial charge in [0.15, 0.2) is 0 Å². The van der Waals surface area contributed by atoms with Crippen molar-refractivity contribution >= 4 is 38.9 Å². The van der Waals surface area contributed by atoms with E-state index in [1.807, 2.05) is 24.3 Å². The van der Waals surface area contributed by atoms with Gasteiger partial charge in [-0.2, -0.15) is 0 Å². The second-order valence-corrected chi connectivity index (χ2v) is 6.83. The van der Waals surface area contributed by atoms with E-state index in [4.69, 9.17) is 11.6 Å². The molecule has 1 aliphatic heterocycles. The average Bonchev–Trinajstić information content (AvgIpc) is 2.84. The van der Waals surface area contributed by atoms with E-state index in [-0.39, 0.29) is 11.9 Å². The van der Waals surface area contributed by atoms with Crippen molar-refractivity contribution in [1.29, 1.82) is 0 Å². The number of halogens is 1. The summed E-state index contributed by atoms with van der Waals surface area (Å²) in [5.74, 6) is 0.0163. The molecule has 2 heterocycles. The summed E-state index contributed by atoms with van der Waals surface area (Å²) in [5, 5.41) is 4.80. The van der Waals surface area contributed by atoms with Crippen molar-refractivity contribution in [3.8, 4) is 0 Å². The first-order valence-electron chi connectivity index (χ1n) is 6.81.